The van der Waals surface area contributed by atoms with Crippen LogP contribution in [-0.2, 0) is 11.3 Å². The Morgan fingerprint density at radius 2 is 2.14 bits per heavy atom. The van der Waals surface area contributed by atoms with E-state index < -0.39 is 0 Å². The summed E-state index contributed by atoms with van der Waals surface area (Å²) in [6.45, 7) is 8.06. The number of halogens is 1. The summed E-state index contributed by atoms with van der Waals surface area (Å²) < 4.78 is 1.97. The van der Waals surface area contributed by atoms with E-state index in [0.717, 1.165) is 41.6 Å². The molecule has 2 heterocycles. The number of nitrogens with one attached hydrogen (secondary N) is 3. The number of aliphatic imine (C=N–C) groups is 1. The highest BCUT2D eigenvalue weighted by Crippen LogP contribution is 2.17. The number of carbonyl (C=O) groups is 1. The molecule has 28 heavy (non-hydrogen) atoms. The molecular weight excluding hydrogens is 467 g/mol. The first-order chi connectivity index (χ1) is 13.1. The average Bonchev–Trinajstić information content (AvgIpc) is 3.00. The van der Waals surface area contributed by atoms with Gasteiger partial charge < -0.3 is 16.0 Å². The van der Waals surface area contributed by atoms with E-state index in [0.29, 0.717) is 19.5 Å². The molecule has 1 atom stereocenters. The van der Waals surface area contributed by atoms with Crippen LogP contribution in [0.15, 0.2) is 35.3 Å². The Labute approximate surface area is 183 Å². The quantitative estimate of drug-likeness (QED) is 0.338. The second-order valence-corrected chi connectivity index (χ2v) is 6.85. The van der Waals surface area contributed by atoms with E-state index in [2.05, 4.69) is 46.2 Å². The van der Waals surface area contributed by atoms with Gasteiger partial charge in [0.05, 0.1) is 17.9 Å². The minimum absolute atomic E-state index is 0. The minimum atomic E-state index is 0. The molecule has 1 saturated heterocycles. The number of guanidine groups is 1. The van der Waals surface area contributed by atoms with Gasteiger partial charge in [-0.2, -0.15) is 5.10 Å². The summed E-state index contributed by atoms with van der Waals surface area (Å²) in [4.78, 5) is 16.1. The fraction of sp³-hybridized carbons (Fsp3) is 0.450. The van der Waals surface area contributed by atoms with Crippen LogP contribution in [0.2, 0.25) is 0 Å². The summed E-state index contributed by atoms with van der Waals surface area (Å²) in [5.41, 5.74) is 4.26. The lowest BCUT2D eigenvalue weighted by molar-refractivity contribution is -0.122. The predicted octanol–water partition coefficient (Wildman–Crippen LogP) is 2.44. The van der Waals surface area contributed by atoms with Gasteiger partial charge in [-0.3, -0.25) is 4.79 Å². The summed E-state index contributed by atoms with van der Waals surface area (Å²) in [5, 5.41) is 14.2. The van der Waals surface area contributed by atoms with Gasteiger partial charge in [0.1, 0.15) is 0 Å². The Balaban J connectivity index is 0.00000280. The van der Waals surface area contributed by atoms with E-state index in [1.807, 2.05) is 30.7 Å². The van der Waals surface area contributed by atoms with Crippen LogP contribution in [0.4, 0.5) is 0 Å². The second-order valence-electron chi connectivity index (χ2n) is 6.85. The molecule has 1 aromatic heterocycles. The second kappa shape index (κ2) is 10.4. The van der Waals surface area contributed by atoms with Gasteiger partial charge in [-0.25, -0.2) is 9.67 Å². The predicted molar refractivity (Wildman–Crippen MR) is 122 cm³/mol. The van der Waals surface area contributed by atoms with Gasteiger partial charge in [0, 0.05) is 31.2 Å². The number of aryl methyl sites for hydroxylation is 2. The molecule has 0 aliphatic carbocycles. The molecule has 1 aliphatic rings. The molecular formula is C20H29IN6O. The Morgan fingerprint density at radius 1 is 1.36 bits per heavy atom. The third-order valence-corrected chi connectivity index (χ3v) is 4.59. The number of amides is 1. The van der Waals surface area contributed by atoms with Crippen molar-refractivity contribution < 1.29 is 4.79 Å². The van der Waals surface area contributed by atoms with E-state index >= 15 is 0 Å². The van der Waals surface area contributed by atoms with Crippen molar-refractivity contribution in [1.82, 2.24) is 25.7 Å². The number of rotatable bonds is 5. The summed E-state index contributed by atoms with van der Waals surface area (Å²) in [6, 6.07) is 10.5. The SMILES string of the molecule is CCNC(=NCc1ccccc1-n1nc(C)cc1C)NC1CCC(=O)NC1.I. The maximum absolute atomic E-state index is 11.3. The van der Waals surface area contributed by atoms with Crippen molar-refractivity contribution in [3.8, 4) is 5.69 Å². The van der Waals surface area contributed by atoms with Gasteiger partial charge in [0.15, 0.2) is 5.96 Å². The van der Waals surface area contributed by atoms with Crippen LogP contribution in [0, 0.1) is 13.8 Å². The van der Waals surface area contributed by atoms with Crippen molar-refractivity contribution in [3.05, 3.63) is 47.3 Å². The standard InChI is InChI=1S/C20H28N6O.HI/c1-4-21-20(24-17-9-10-19(27)22-13-17)23-12-16-7-5-6-8-18(16)26-15(3)11-14(2)25-26;/h5-8,11,17H,4,9-10,12-13H2,1-3H3,(H,22,27)(H2,21,23,24);1H. The highest BCUT2D eigenvalue weighted by Gasteiger charge is 2.18. The third kappa shape index (κ3) is 5.70. The Bertz CT molecular complexity index is 822. The van der Waals surface area contributed by atoms with Gasteiger partial charge in [0.2, 0.25) is 5.91 Å². The van der Waals surface area contributed by atoms with Crippen molar-refractivity contribution in [2.45, 2.75) is 46.2 Å². The molecule has 1 amide bonds. The number of carbonyl (C=O) groups excluding carboxylic acids is 1. The highest BCUT2D eigenvalue weighted by molar-refractivity contribution is 14.0. The van der Waals surface area contributed by atoms with Crippen molar-refractivity contribution in [2.24, 2.45) is 4.99 Å². The Hall–Kier alpha value is -2.10. The van der Waals surface area contributed by atoms with Crippen LogP contribution in [0.25, 0.3) is 5.69 Å². The van der Waals surface area contributed by atoms with E-state index in [1.165, 1.54) is 0 Å². The molecule has 8 heteroatoms. The van der Waals surface area contributed by atoms with Crippen LogP contribution in [0.1, 0.15) is 36.7 Å². The van der Waals surface area contributed by atoms with Crippen LogP contribution in [-0.4, -0.2) is 40.8 Å². The average molecular weight is 496 g/mol. The van der Waals surface area contributed by atoms with E-state index in [9.17, 15) is 4.79 Å². The summed E-state index contributed by atoms with van der Waals surface area (Å²) in [6.07, 6.45) is 1.37. The van der Waals surface area contributed by atoms with Crippen LogP contribution < -0.4 is 16.0 Å². The maximum Gasteiger partial charge on any atom is 0.220 e. The van der Waals surface area contributed by atoms with Crippen molar-refractivity contribution >= 4 is 35.8 Å². The van der Waals surface area contributed by atoms with Crippen molar-refractivity contribution in [3.63, 3.8) is 0 Å². The van der Waals surface area contributed by atoms with E-state index in [4.69, 9.17) is 4.99 Å². The van der Waals surface area contributed by atoms with Gasteiger partial charge in [-0.05, 0) is 44.9 Å². The lowest BCUT2D eigenvalue weighted by atomic mass is 10.1. The zero-order chi connectivity index (χ0) is 19.2. The van der Waals surface area contributed by atoms with E-state index in [1.54, 1.807) is 0 Å². The van der Waals surface area contributed by atoms with Crippen LogP contribution in [0.3, 0.4) is 0 Å². The molecule has 0 bridgehead atoms. The van der Waals surface area contributed by atoms with Crippen molar-refractivity contribution in [2.75, 3.05) is 13.1 Å². The molecule has 152 valence electrons. The fourth-order valence-electron chi connectivity index (χ4n) is 3.26. The molecule has 2 aromatic rings. The number of para-hydroxylation sites is 1. The van der Waals surface area contributed by atoms with E-state index in [-0.39, 0.29) is 35.9 Å². The minimum Gasteiger partial charge on any atom is -0.357 e. The topological polar surface area (TPSA) is 83.3 Å². The number of aromatic nitrogens is 2. The molecule has 0 saturated carbocycles. The van der Waals surface area contributed by atoms with Gasteiger partial charge in [-0.1, -0.05) is 18.2 Å². The first kappa shape index (κ1) is 22.2. The third-order valence-electron chi connectivity index (χ3n) is 4.59. The molecule has 0 radical (unpaired) electrons. The molecule has 1 unspecified atom stereocenters. The number of hydrogen-bond donors (Lipinski definition) is 3. The smallest absolute Gasteiger partial charge is 0.220 e. The van der Waals surface area contributed by atoms with Crippen LogP contribution in [0.5, 0.6) is 0 Å². The van der Waals surface area contributed by atoms with Gasteiger partial charge >= 0.3 is 0 Å². The molecule has 3 N–H and O–H groups in total. The maximum atomic E-state index is 11.3. The molecule has 7 nitrogen and oxygen atoms in total. The number of piperidine rings is 1. The summed E-state index contributed by atoms with van der Waals surface area (Å²) in [5.74, 6) is 0.885. The Morgan fingerprint density at radius 3 is 2.79 bits per heavy atom. The van der Waals surface area contributed by atoms with Gasteiger partial charge in [0.25, 0.3) is 0 Å². The molecule has 1 fully saturated rings. The van der Waals surface area contributed by atoms with Crippen LogP contribution >= 0.6 is 24.0 Å². The summed E-state index contributed by atoms with van der Waals surface area (Å²) >= 11 is 0. The zero-order valence-electron chi connectivity index (χ0n) is 16.7. The highest BCUT2D eigenvalue weighted by atomic mass is 127. The summed E-state index contributed by atoms with van der Waals surface area (Å²) in [7, 11) is 0. The lowest BCUT2D eigenvalue weighted by Gasteiger charge is -2.25. The number of hydrogen-bond acceptors (Lipinski definition) is 3. The molecule has 0 spiro atoms. The fourth-order valence-corrected chi connectivity index (χ4v) is 3.26. The molecule has 3 rings (SSSR count). The first-order valence-corrected chi connectivity index (χ1v) is 9.50. The number of benzene rings is 1. The van der Waals surface area contributed by atoms with Crippen molar-refractivity contribution in [1.29, 1.82) is 0 Å². The molecule has 1 aliphatic heterocycles. The first-order valence-electron chi connectivity index (χ1n) is 9.50. The largest absolute Gasteiger partial charge is 0.357 e. The molecule has 1 aromatic carbocycles. The monoisotopic (exact) mass is 496 g/mol. The zero-order valence-corrected chi connectivity index (χ0v) is 19.0. The number of nitrogens with zero attached hydrogens (tertiary/aromatic N) is 3. The lowest BCUT2D eigenvalue weighted by Crippen LogP contribution is -2.51. The normalized spacial score (nSPS) is 16.9. The Kier molecular flexibility index (Phi) is 8.28. The van der Waals surface area contributed by atoms with Gasteiger partial charge in [-0.15, -0.1) is 24.0 Å².